The number of aromatic nitrogens is 3. The van der Waals surface area contributed by atoms with Crippen LogP contribution in [0.25, 0.3) is 78.7 Å². The maximum Gasteiger partial charge on any atom is 0.164 e. The lowest BCUT2D eigenvalue weighted by molar-refractivity contribution is 0.795. The molecular weight excluding hydrogens is 763 g/mol. The zero-order valence-corrected chi connectivity index (χ0v) is 35.5. The molecule has 0 fully saturated rings. The third-order valence-corrected chi connectivity index (χ3v) is 12.4. The molecule has 2 aliphatic carbocycles. The lowest BCUT2D eigenvalue weighted by Crippen LogP contribution is -2.26. The topological polar surface area (TPSA) is 38.7 Å². The van der Waals surface area contributed by atoms with Gasteiger partial charge in [0.1, 0.15) is 0 Å². The van der Waals surface area contributed by atoms with E-state index in [2.05, 4.69) is 208 Å². The first-order valence-electron chi connectivity index (χ1n) is 21.5. The van der Waals surface area contributed by atoms with Gasteiger partial charge >= 0.3 is 0 Å². The van der Waals surface area contributed by atoms with Crippen molar-refractivity contribution in [2.24, 2.45) is 0 Å². The molecule has 0 N–H and O–H groups in total. The van der Waals surface area contributed by atoms with Crippen molar-refractivity contribution in [1.29, 1.82) is 0 Å². The van der Waals surface area contributed by atoms with Crippen LogP contribution < -0.4 is 0 Å². The molecule has 63 heavy (non-hydrogen) atoms. The molecule has 0 saturated heterocycles. The van der Waals surface area contributed by atoms with Crippen LogP contribution in [0.15, 0.2) is 231 Å². The molecule has 300 valence electrons. The SMILES string of the molecule is C=C/C=C\C(=C/C)c1cccc(-c2nc(-c3ccc(-c4cccc5c4C4(C(=C/C)/C5=C\C=C)c5ccccc5-c5ccccc54)cc3)nc(-c3cccc(-c4ccccc4)c3)n2)c1. The standard InChI is InChI=1S/C60H45N3/c1-5-9-21-40(7-3)44-24-17-26-46(38-44)58-61-57(62-59(63-58)47-27-18-25-45(39-47)41-22-11-10-12-23-41)43-36-34-42(35-37-43)48-30-19-31-52-49(20-6-2)53(8-4)60(56(48)52)54-32-15-13-28-50(54)51-29-14-16-33-55(51)60/h5-39H,1-2H2,3-4H3/b21-9-,40-7+,49-20-,53-8+. The number of fused-ring (bicyclic) bond motifs is 7. The van der Waals surface area contributed by atoms with Crippen molar-refractivity contribution in [2.45, 2.75) is 19.3 Å². The highest BCUT2D eigenvalue weighted by molar-refractivity contribution is 6.03. The molecule has 1 heterocycles. The van der Waals surface area contributed by atoms with Gasteiger partial charge in [0, 0.05) is 16.7 Å². The van der Waals surface area contributed by atoms with E-state index in [1.807, 2.05) is 25.1 Å². The summed E-state index contributed by atoms with van der Waals surface area (Å²) in [6, 6.07) is 60.6. The van der Waals surface area contributed by atoms with Gasteiger partial charge in [0.25, 0.3) is 0 Å². The molecule has 0 bridgehead atoms. The maximum atomic E-state index is 5.19. The molecule has 1 spiro atoms. The van der Waals surface area contributed by atoms with Crippen LogP contribution in [0, 0.1) is 0 Å². The van der Waals surface area contributed by atoms with Crippen LogP contribution in [0.2, 0.25) is 0 Å². The summed E-state index contributed by atoms with van der Waals surface area (Å²) < 4.78 is 0. The molecule has 10 rings (SSSR count). The van der Waals surface area contributed by atoms with E-state index in [4.69, 9.17) is 15.0 Å². The lowest BCUT2D eigenvalue weighted by Gasteiger charge is -2.32. The zero-order chi connectivity index (χ0) is 42.9. The minimum atomic E-state index is -0.490. The third kappa shape index (κ3) is 6.57. The second-order valence-corrected chi connectivity index (χ2v) is 15.8. The van der Waals surface area contributed by atoms with E-state index in [9.17, 15) is 0 Å². The largest absolute Gasteiger partial charge is 0.208 e. The van der Waals surface area contributed by atoms with E-state index < -0.39 is 5.41 Å². The monoisotopic (exact) mass is 807 g/mol. The first kappa shape index (κ1) is 39.1. The van der Waals surface area contributed by atoms with E-state index in [1.54, 1.807) is 6.08 Å². The van der Waals surface area contributed by atoms with Crippen molar-refractivity contribution < 1.29 is 0 Å². The van der Waals surface area contributed by atoms with Gasteiger partial charge in [-0.25, -0.2) is 15.0 Å². The Balaban J connectivity index is 1.13. The van der Waals surface area contributed by atoms with Crippen LogP contribution in [0.1, 0.15) is 41.7 Å². The number of rotatable bonds is 9. The lowest BCUT2D eigenvalue weighted by atomic mass is 9.68. The van der Waals surface area contributed by atoms with Crippen molar-refractivity contribution >= 4 is 11.1 Å². The zero-order valence-electron chi connectivity index (χ0n) is 35.5. The van der Waals surface area contributed by atoms with Crippen LogP contribution >= 0.6 is 0 Å². The van der Waals surface area contributed by atoms with Crippen LogP contribution in [0.5, 0.6) is 0 Å². The summed E-state index contributed by atoms with van der Waals surface area (Å²) in [7, 11) is 0. The van der Waals surface area contributed by atoms with E-state index >= 15 is 0 Å². The van der Waals surface area contributed by atoms with Gasteiger partial charge in [0.05, 0.1) is 5.41 Å². The molecule has 0 aliphatic heterocycles. The van der Waals surface area contributed by atoms with Crippen LogP contribution in [0.4, 0.5) is 0 Å². The molecule has 0 amide bonds. The quantitative estimate of drug-likeness (QED) is 0.136. The van der Waals surface area contributed by atoms with Crippen molar-refractivity contribution in [1.82, 2.24) is 15.0 Å². The van der Waals surface area contributed by atoms with Gasteiger partial charge in [-0.2, -0.15) is 0 Å². The summed E-state index contributed by atoms with van der Waals surface area (Å²) in [5.41, 5.74) is 19.1. The molecule has 0 atom stereocenters. The molecule has 2 aliphatic rings. The first-order chi connectivity index (χ1) is 31.1. The summed E-state index contributed by atoms with van der Waals surface area (Å²) >= 11 is 0. The Bertz CT molecular complexity index is 3170. The predicted molar refractivity (Wildman–Crippen MR) is 264 cm³/mol. The van der Waals surface area contributed by atoms with Gasteiger partial charge in [0.2, 0.25) is 0 Å². The second kappa shape index (κ2) is 16.5. The Morgan fingerprint density at radius 3 is 1.67 bits per heavy atom. The number of benzene rings is 7. The fourth-order valence-electron chi connectivity index (χ4n) is 9.77. The first-order valence-corrected chi connectivity index (χ1v) is 21.5. The average molecular weight is 808 g/mol. The number of allylic oxidation sites excluding steroid dienone is 10. The maximum absolute atomic E-state index is 5.19. The van der Waals surface area contributed by atoms with Gasteiger partial charge in [-0.05, 0) is 104 Å². The Morgan fingerprint density at radius 1 is 0.476 bits per heavy atom. The molecule has 3 heteroatoms. The van der Waals surface area contributed by atoms with E-state index in [0.29, 0.717) is 17.5 Å². The molecule has 0 radical (unpaired) electrons. The van der Waals surface area contributed by atoms with Gasteiger partial charge in [-0.15, -0.1) is 0 Å². The highest BCUT2D eigenvalue weighted by atomic mass is 15.0. The minimum Gasteiger partial charge on any atom is -0.208 e. The van der Waals surface area contributed by atoms with Crippen molar-refractivity contribution in [3.63, 3.8) is 0 Å². The fraction of sp³-hybridized carbons (Fsp3) is 0.0500. The van der Waals surface area contributed by atoms with Crippen molar-refractivity contribution in [3.8, 4) is 67.5 Å². The number of nitrogens with zero attached hydrogens (tertiary/aromatic N) is 3. The summed E-state index contributed by atoms with van der Waals surface area (Å²) in [4.78, 5) is 15.5. The van der Waals surface area contributed by atoms with Gasteiger partial charge in [-0.1, -0.05) is 213 Å². The third-order valence-electron chi connectivity index (χ3n) is 12.4. The van der Waals surface area contributed by atoms with Crippen LogP contribution in [-0.4, -0.2) is 15.0 Å². The average Bonchev–Trinajstić information content (AvgIpc) is 3.81. The summed E-state index contributed by atoms with van der Waals surface area (Å²) in [5.74, 6) is 1.83. The molecule has 8 aromatic rings. The van der Waals surface area contributed by atoms with Gasteiger partial charge in [0.15, 0.2) is 17.5 Å². The molecular formula is C60H45N3. The smallest absolute Gasteiger partial charge is 0.164 e. The van der Waals surface area contributed by atoms with Crippen molar-refractivity contribution in [3.05, 3.63) is 259 Å². The highest BCUT2D eigenvalue weighted by Crippen LogP contribution is 2.65. The van der Waals surface area contributed by atoms with E-state index in [0.717, 1.165) is 44.5 Å². The van der Waals surface area contributed by atoms with E-state index in [-0.39, 0.29) is 0 Å². The fourth-order valence-corrected chi connectivity index (χ4v) is 9.77. The number of hydrogen-bond acceptors (Lipinski definition) is 3. The van der Waals surface area contributed by atoms with Crippen LogP contribution in [0.3, 0.4) is 0 Å². The van der Waals surface area contributed by atoms with Crippen molar-refractivity contribution in [2.75, 3.05) is 0 Å². The van der Waals surface area contributed by atoms with Gasteiger partial charge < -0.3 is 0 Å². The molecule has 3 nitrogen and oxygen atoms in total. The van der Waals surface area contributed by atoms with Gasteiger partial charge in [-0.3, -0.25) is 0 Å². The number of hydrogen-bond donors (Lipinski definition) is 0. The van der Waals surface area contributed by atoms with Crippen LogP contribution in [-0.2, 0) is 5.41 Å². The Hall–Kier alpha value is -8.01. The molecule has 0 unspecified atom stereocenters. The summed E-state index contributed by atoms with van der Waals surface area (Å²) in [6.45, 7) is 12.2. The molecule has 0 saturated carbocycles. The Labute approximate surface area is 370 Å². The second-order valence-electron chi connectivity index (χ2n) is 15.8. The molecule has 1 aromatic heterocycles. The Morgan fingerprint density at radius 2 is 1.02 bits per heavy atom. The minimum absolute atomic E-state index is 0.490. The summed E-state index contributed by atoms with van der Waals surface area (Å²) in [6.07, 6.45) is 14.3. The summed E-state index contributed by atoms with van der Waals surface area (Å²) in [5, 5.41) is 0. The van der Waals surface area contributed by atoms with E-state index in [1.165, 1.54) is 50.1 Å². The normalized spacial score (nSPS) is 14.9. The highest BCUT2D eigenvalue weighted by Gasteiger charge is 2.54. The molecule has 7 aromatic carbocycles. The predicted octanol–water partition coefficient (Wildman–Crippen LogP) is 15.2. The Kier molecular flexibility index (Phi) is 10.2.